The number of carbonyl (C=O) groups is 2. The van der Waals surface area contributed by atoms with Gasteiger partial charge in [0.1, 0.15) is 29.0 Å². The summed E-state index contributed by atoms with van der Waals surface area (Å²) in [5.41, 5.74) is 0.974. The predicted octanol–water partition coefficient (Wildman–Crippen LogP) is 2.47. The van der Waals surface area contributed by atoms with Crippen LogP contribution in [0.25, 0.3) is 0 Å². The van der Waals surface area contributed by atoms with Gasteiger partial charge >= 0.3 is 0 Å². The lowest BCUT2D eigenvalue weighted by atomic mass is 10.2. The number of amides is 2. The van der Waals surface area contributed by atoms with Crippen molar-refractivity contribution in [2.24, 2.45) is 0 Å². The van der Waals surface area contributed by atoms with Crippen LogP contribution in [0.15, 0.2) is 36.4 Å². The van der Waals surface area contributed by atoms with Gasteiger partial charge in [0, 0.05) is 12.1 Å². The number of nitrogens with one attached hydrogen (secondary N) is 1. The molecular weight excluding hydrogens is 364 g/mol. The summed E-state index contributed by atoms with van der Waals surface area (Å²) >= 11 is 0. The van der Waals surface area contributed by atoms with E-state index in [0.717, 1.165) is 4.90 Å². The summed E-state index contributed by atoms with van der Waals surface area (Å²) in [5, 5.41) is 3.09. The number of hydrogen-bond acceptors (Lipinski definition) is 7. The molecule has 1 heterocycles. The van der Waals surface area contributed by atoms with Crippen LogP contribution in [-0.4, -0.2) is 46.3 Å². The Morgan fingerprint density at radius 3 is 2.07 bits per heavy atom. The highest BCUT2D eigenvalue weighted by molar-refractivity contribution is 6.23. The first-order chi connectivity index (χ1) is 13.5. The summed E-state index contributed by atoms with van der Waals surface area (Å²) in [6.07, 6.45) is 0.0171. The van der Waals surface area contributed by atoms with Gasteiger partial charge in [-0.15, -0.1) is 0 Å². The van der Waals surface area contributed by atoms with Crippen molar-refractivity contribution in [3.05, 3.63) is 36.4 Å². The molecule has 0 aromatic heterocycles. The van der Waals surface area contributed by atoms with Gasteiger partial charge in [0.2, 0.25) is 5.91 Å². The first-order valence-corrected chi connectivity index (χ1v) is 8.59. The Balaban J connectivity index is 1.87. The van der Waals surface area contributed by atoms with Crippen LogP contribution in [0.4, 0.5) is 11.4 Å². The van der Waals surface area contributed by atoms with E-state index < -0.39 is 6.04 Å². The molecule has 0 saturated carbocycles. The number of rotatable bonds is 7. The van der Waals surface area contributed by atoms with Crippen molar-refractivity contribution in [1.29, 1.82) is 0 Å². The van der Waals surface area contributed by atoms with E-state index in [1.807, 2.05) is 0 Å². The van der Waals surface area contributed by atoms with Crippen LogP contribution in [0.1, 0.15) is 6.42 Å². The molecule has 3 rings (SSSR count). The van der Waals surface area contributed by atoms with Gasteiger partial charge < -0.3 is 24.3 Å². The number of methoxy groups -OCH3 is 4. The Labute approximate surface area is 162 Å². The second kappa shape index (κ2) is 8.08. The van der Waals surface area contributed by atoms with Gasteiger partial charge in [-0.3, -0.25) is 9.59 Å². The zero-order chi connectivity index (χ0) is 20.3. The highest BCUT2D eigenvalue weighted by Crippen LogP contribution is 2.36. The molecule has 1 N–H and O–H groups in total. The number of carbonyl (C=O) groups excluding carboxylic acids is 2. The molecule has 0 aliphatic carbocycles. The van der Waals surface area contributed by atoms with Gasteiger partial charge in [-0.05, 0) is 24.3 Å². The maximum atomic E-state index is 13.0. The predicted molar refractivity (Wildman–Crippen MR) is 104 cm³/mol. The van der Waals surface area contributed by atoms with E-state index in [4.69, 9.17) is 18.9 Å². The lowest BCUT2D eigenvalue weighted by Gasteiger charge is -2.19. The SMILES string of the molecule is COc1ccc(N[C@H]2CC(=O)N(c3ccc(OC)cc3OC)C2=O)c(OC)c1. The summed E-state index contributed by atoms with van der Waals surface area (Å²) in [6, 6.07) is 9.40. The third-order valence-corrected chi connectivity index (χ3v) is 4.51. The molecule has 0 radical (unpaired) electrons. The van der Waals surface area contributed by atoms with Crippen molar-refractivity contribution in [2.75, 3.05) is 38.7 Å². The minimum absolute atomic E-state index is 0.0171. The quantitative estimate of drug-likeness (QED) is 0.732. The molecule has 0 bridgehead atoms. The topological polar surface area (TPSA) is 86.3 Å². The van der Waals surface area contributed by atoms with Gasteiger partial charge in [-0.25, -0.2) is 4.90 Å². The van der Waals surface area contributed by atoms with Gasteiger partial charge in [0.15, 0.2) is 0 Å². The summed E-state index contributed by atoms with van der Waals surface area (Å²) in [7, 11) is 6.08. The van der Waals surface area contributed by atoms with E-state index in [-0.39, 0.29) is 18.2 Å². The third-order valence-electron chi connectivity index (χ3n) is 4.51. The minimum atomic E-state index is -0.721. The number of imide groups is 1. The normalized spacial score (nSPS) is 16.1. The second-order valence-corrected chi connectivity index (χ2v) is 6.07. The van der Waals surface area contributed by atoms with Crippen molar-refractivity contribution in [3.63, 3.8) is 0 Å². The highest BCUT2D eigenvalue weighted by atomic mass is 16.5. The lowest BCUT2D eigenvalue weighted by Crippen LogP contribution is -2.35. The maximum Gasteiger partial charge on any atom is 0.256 e. The number of benzene rings is 2. The first kappa shape index (κ1) is 19.3. The molecular formula is C20H22N2O6. The van der Waals surface area contributed by atoms with Gasteiger partial charge in [0.25, 0.3) is 5.91 Å². The highest BCUT2D eigenvalue weighted by Gasteiger charge is 2.41. The van der Waals surface area contributed by atoms with E-state index in [0.29, 0.717) is 34.4 Å². The van der Waals surface area contributed by atoms with Crippen molar-refractivity contribution in [1.82, 2.24) is 0 Å². The molecule has 1 fully saturated rings. The van der Waals surface area contributed by atoms with E-state index in [1.165, 1.54) is 21.3 Å². The fraction of sp³-hybridized carbons (Fsp3) is 0.300. The fourth-order valence-corrected chi connectivity index (χ4v) is 3.07. The van der Waals surface area contributed by atoms with Crippen LogP contribution < -0.4 is 29.2 Å². The van der Waals surface area contributed by atoms with Crippen molar-refractivity contribution in [3.8, 4) is 23.0 Å². The molecule has 2 amide bonds. The average molecular weight is 386 g/mol. The molecule has 1 saturated heterocycles. The molecule has 28 heavy (non-hydrogen) atoms. The summed E-state index contributed by atoms with van der Waals surface area (Å²) < 4.78 is 21.0. The molecule has 2 aromatic carbocycles. The lowest BCUT2D eigenvalue weighted by molar-refractivity contribution is -0.121. The van der Waals surface area contributed by atoms with Gasteiger partial charge in [0.05, 0.1) is 46.2 Å². The smallest absolute Gasteiger partial charge is 0.256 e. The Bertz CT molecular complexity index is 898. The molecule has 1 aliphatic rings. The number of nitrogens with zero attached hydrogens (tertiary/aromatic N) is 1. The van der Waals surface area contributed by atoms with Gasteiger partial charge in [-0.1, -0.05) is 0 Å². The molecule has 8 heteroatoms. The first-order valence-electron chi connectivity index (χ1n) is 8.59. The molecule has 2 aromatic rings. The second-order valence-electron chi connectivity index (χ2n) is 6.07. The van der Waals surface area contributed by atoms with Crippen LogP contribution in [0.5, 0.6) is 23.0 Å². The molecule has 148 valence electrons. The van der Waals surface area contributed by atoms with Crippen molar-refractivity contribution < 1.29 is 28.5 Å². The van der Waals surface area contributed by atoms with E-state index in [2.05, 4.69) is 5.32 Å². The summed E-state index contributed by atoms with van der Waals surface area (Å²) in [5.74, 6) is 1.40. The van der Waals surface area contributed by atoms with Crippen LogP contribution in [0.3, 0.4) is 0 Å². The van der Waals surface area contributed by atoms with Crippen molar-refractivity contribution >= 4 is 23.2 Å². The van der Waals surface area contributed by atoms with Crippen LogP contribution >= 0.6 is 0 Å². The number of anilines is 2. The molecule has 1 aliphatic heterocycles. The maximum absolute atomic E-state index is 13.0. The molecule has 0 spiro atoms. The molecule has 8 nitrogen and oxygen atoms in total. The van der Waals surface area contributed by atoms with E-state index in [1.54, 1.807) is 43.5 Å². The monoisotopic (exact) mass is 386 g/mol. The van der Waals surface area contributed by atoms with E-state index >= 15 is 0 Å². The van der Waals surface area contributed by atoms with Crippen LogP contribution in [0.2, 0.25) is 0 Å². The Hall–Kier alpha value is -3.42. The number of hydrogen-bond donors (Lipinski definition) is 1. The Morgan fingerprint density at radius 2 is 1.46 bits per heavy atom. The third kappa shape index (κ3) is 3.53. The minimum Gasteiger partial charge on any atom is -0.497 e. The fourth-order valence-electron chi connectivity index (χ4n) is 3.07. The Morgan fingerprint density at radius 1 is 0.857 bits per heavy atom. The van der Waals surface area contributed by atoms with Crippen LogP contribution in [0, 0.1) is 0 Å². The largest absolute Gasteiger partial charge is 0.497 e. The number of ether oxygens (including phenoxy) is 4. The standard InChI is InChI=1S/C20H22N2O6/c1-25-12-5-7-14(17(9-12)27-3)21-15-11-19(23)22(20(15)24)16-8-6-13(26-2)10-18(16)28-4/h5-10,15,21H,11H2,1-4H3/t15-/m0/s1. The van der Waals surface area contributed by atoms with Gasteiger partial charge in [-0.2, -0.15) is 0 Å². The zero-order valence-corrected chi connectivity index (χ0v) is 16.1. The summed E-state index contributed by atoms with van der Waals surface area (Å²) in [4.78, 5) is 26.7. The molecule has 1 atom stereocenters. The zero-order valence-electron chi connectivity index (χ0n) is 16.1. The summed E-state index contributed by atoms with van der Waals surface area (Å²) in [6.45, 7) is 0. The van der Waals surface area contributed by atoms with E-state index in [9.17, 15) is 9.59 Å². The van der Waals surface area contributed by atoms with Crippen molar-refractivity contribution in [2.45, 2.75) is 12.5 Å². The average Bonchev–Trinajstić information content (AvgIpc) is 3.00. The van der Waals surface area contributed by atoms with Crippen LogP contribution in [-0.2, 0) is 9.59 Å². The molecule has 0 unspecified atom stereocenters. The Kier molecular flexibility index (Phi) is 5.58.